The molecule has 4 unspecified atom stereocenters. The number of ketones is 1. The minimum absolute atomic E-state index is 0.0402. The molecule has 2 heterocycles. The standard InChI is InChI=1S/C34H49NO5/c1-3-5-6-7-8-9-10-11-12-13-14-15-16-29(37)39-27-18-17-25-24-28-34(38)20-19-26(36)32-33(34,30(25)31(27)40-32)21-23-35(28)22-4-2/h4,17-18,28,32,38H,2-3,5-16,19-24H2,1H3. The first-order chi connectivity index (χ1) is 19.5. The van der Waals surface area contributed by atoms with E-state index in [1.165, 1.54) is 57.8 Å². The van der Waals surface area contributed by atoms with Crippen molar-refractivity contribution in [3.63, 3.8) is 0 Å². The minimum atomic E-state index is -1.05. The van der Waals surface area contributed by atoms with Crippen molar-refractivity contribution in [1.82, 2.24) is 4.90 Å². The molecule has 2 fully saturated rings. The number of esters is 1. The molecule has 220 valence electrons. The van der Waals surface area contributed by atoms with E-state index in [1.807, 2.05) is 18.2 Å². The molecule has 0 radical (unpaired) electrons. The molecule has 6 heteroatoms. The molecule has 2 bridgehead atoms. The fourth-order valence-electron chi connectivity index (χ4n) is 8.15. The summed E-state index contributed by atoms with van der Waals surface area (Å²) in [5, 5.41) is 12.3. The summed E-state index contributed by atoms with van der Waals surface area (Å²) in [5.74, 6) is 0.692. The Balaban J connectivity index is 1.16. The Kier molecular flexibility index (Phi) is 9.36. The Hall–Kier alpha value is -2.18. The number of carbonyl (C=O) groups is 2. The van der Waals surface area contributed by atoms with Gasteiger partial charge in [0.25, 0.3) is 0 Å². The average molecular weight is 552 g/mol. The molecule has 6 nitrogen and oxygen atoms in total. The quantitative estimate of drug-likeness (QED) is 0.108. The number of rotatable bonds is 16. The number of Topliss-reactive ketones (excluding diaryl/α,β-unsaturated/α-hetero) is 1. The maximum Gasteiger partial charge on any atom is 0.311 e. The number of piperidine rings is 1. The topological polar surface area (TPSA) is 76.1 Å². The zero-order valence-corrected chi connectivity index (χ0v) is 24.6. The van der Waals surface area contributed by atoms with Crippen LogP contribution in [-0.4, -0.2) is 52.6 Å². The maximum absolute atomic E-state index is 13.2. The van der Waals surface area contributed by atoms with Crippen LogP contribution < -0.4 is 9.47 Å². The van der Waals surface area contributed by atoms with Gasteiger partial charge in [-0.2, -0.15) is 0 Å². The third kappa shape index (κ3) is 5.27. The van der Waals surface area contributed by atoms with Gasteiger partial charge in [-0.15, -0.1) is 6.58 Å². The van der Waals surface area contributed by atoms with Crippen LogP contribution in [0.3, 0.4) is 0 Å². The summed E-state index contributed by atoms with van der Waals surface area (Å²) in [4.78, 5) is 28.3. The SMILES string of the molecule is C=CCN1CCC23c4c5ccc(OC(=O)CCCCCCCCCCCCCC)c4OC2C(=O)CCC3(O)C1C5. The number of unbranched alkanes of at least 4 members (excludes halogenated alkanes) is 11. The van der Waals surface area contributed by atoms with E-state index in [-0.39, 0.29) is 17.8 Å². The lowest BCUT2D eigenvalue weighted by atomic mass is 9.49. The Labute approximate surface area is 240 Å². The molecule has 4 atom stereocenters. The lowest BCUT2D eigenvalue weighted by molar-refractivity contribution is -0.187. The minimum Gasteiger partial charge on any atom is -0.477 e. The number of ether oxygens (including phenoxy) is 2. The van der Waals surface area contributed by atoms with Gasteiger partial charge in [-0.3, -0.25) is 14.5 Å². The molecule has 5 rings (SSSR count). The summed E-state index contributed by atoms with van der Waals surface area (Å²) < 4.78 is 12.2. The van der Waals surface area contributed by atoms with E-state index in [0.717, 1.165) is 36.9 Å². The Bertz CT molecular complexity index is 1080. The van der Waals surface area contributed by atoms with Gasteiger partial charge in [0.05, 0.1) is 11.0 Å². The summed E-state index contributed by atoms with van der Waals surface area (Å²) in [6.07, 6.45) is 18.6. The number of hydrogen-bond acceptors (Lipinski definition) is 6. The first-order valence-electron chi connectivity index (χ1n) is 16.1. The summed E-state index contributed by atoms with van der Waals surface area (Å²) in [5.41, 5.74) is 0.184. The molecule has 4 aliphatic rings. The van der Waals surface area contributed by atoms with Gasteiger partial charge in [-0.25, -0.2) is 0 Å². The van der Waals surface area contributed by atoms with Crippen molar-refractivity contribution in [3.8, 4) is 11.5 Å². The van der Waals surface area contributed by atoms with Crippen molar-refractivity contribution in [2.24, 2.45) is 0 Å². The molecule has 1 aromatic rings. The van der Waals surface area contributed by atoms with Gasteiger partial charge in [-0.05, 0) is 37.3 Å². The van der Waals surface area contributed by atoms with Crippen molar-refractivity contribution in [3.05, 3.63) is 35.9 Å². The second kappa shape index (κ2) is 12.8. The monoisotopic (exact) mass is 551 g/mol. The summed E-state index contributed by atoms with van der Waals surface area (Å²) in [7, 11) is 0. The smallest absolute Gasteiger partial charge is 0.311 e. The summed E-state index contributed by atoms with van der Waals surface area (Å²) in [6, 6.07) is 3.75. The van der Waals surface area contributed by atoms with Crippen LogP contribution in [-0.2, 0) is 21.4 Å². The van der Waals surface area contributed by atoms with E-state index in [1.54, 1.807) is 0 Å². The second-order valence-electron chi connectivity index (χ2n) is 12.7. The zero-order chi connectivity index (χ0) is 28.2. The van der Waals surface area contributed by atoms with E-state index in [2.05, 4.69) is 18.4 Å². The third-order valence-electron chi connectivity index (χ3n) is 10.2. The van der Waals surface area contributed by atoms with Crippen LogP contribution >= 0.6 is 0 Å². The van der Waals surface area contributed by atoms with E-state index in [4.69, 9.17) is 9.47 Å². The van der Waals surface area contributed by atoms with Crippen molar-refractivity contribution < 1.29 is 24.2 Å². The van der Waals surface area contributed by atoms with Crippen molar-refractivity contribution in [2.75, 3.05) is 13.1 Å². The van der Waals surface area contributed by atoms with Gasteiger partial charge in [0.1, 0.15) is 0 Å². The molecule has 1 aromatic carbocycles. The van der Waals surface area contributed by atoms with Crippen LogP contribution in [0.15, 0.2) is 24.8 Å². The number of hydrogen-bond donors (Lipinski definition) is 1. The van der Waals surface area contributed by atoms with Crippen molar-refractivity contribution in [2.45, 2.75) is 139 Å². The first kappa shape index (κ1) is 29.3. The predicted octanol–water partition coefficient (Wildman–Crippen LogP) is 6.59. The van der Waals surface area contributed by atoms with Gasteiger partial charge >= 0.3 is 5.97 Å². The average Bonchev–Trinajstić information content (AvgIpc) is 3.30. The number of aliphatic hydroxyl groups is 1. The largest absolute Gasteiger partial charge is 0.477 e. The normalized spacial score (nSPS) is 28.2. The van der Waals surface area contributed by atoms with Crippen LogP contribution in [0.1, 0.15) is 121 Å². The molecule has 2 aliphatic carbocycles. The first-order valence-corrected chi connectivity index (χ1v) is 16.1. The molecular formula is C34H49NO5. The lowest BCUT2D eigenvalue weighted by Gasteiger charge is -2.62. The van der Waals surface area contributed by atoms with Crippen molar-refractivity contribution in [1.29, 1.82) is 0 Å². The Morgan fingerprint density at radius 1 is 1.07 bits per heavy atom. The van der Waals surface area contributed by atoms with Crippen molar-refractivity contribution >= 4 is 11.8 Å². The highest BCUT2D eigenvalue weighted by Crippen LogP contribution is 2.64. The molecule has 1 saturated carbocycles. The number of likely N-dealkylation sites (tertiary alicyclic amines) is 1. The Morgan fingerprint density at radius 2 is 1.75 bits per heavy atom. The number of nitrogens with zero attached hydrogens (tertiary/aromatic N) is 1. The zero-order valence-electron chi connectivity index (χ0n) is 24.6. The summed E-state index contributed by atoms with van der Waals surface area (Å²) in [6.45, 7) is 7.65. The Morgan fingerprint density at radius 3 is 2.42 bits per heavy atom. The predicted molar refractivity (Wildman–Crippen MR) is 157 cm³/mol. The molecular weight excluding hydrogens is 502 g/mol. The third-order valence-corrected chi connectivity index (χ3v) is 10.2. The van der Waals surface area contributed by atoms with Gasteiger partial charge in [0, 0.05) is 37.5 Å². The van der Waals surface area contributed by atoms with Gasteiger partial charge in [0.15, 0.2) is 23.4 Å². The molecule has 40 heavy (non-hydrogen) atoms. The van der Waals surface area contributed by atoms with Crippen LogP contribution in [0.2, 0.25) is 0 Å². The van der Waals surface area contributed by atoms with Crippen LogP contribution in [0, 0.1) is 0 Å². The summed E-state index contributed by atoms with van der Waals surface area (Å²) >= 11 is 0. The van der Waals surface area contributed by atoms with Gasteiger partial charge in [0.2, 0.25) is 0 Å². The van der Waals surface area contributed by atoms with E-state index in [0.29, 0.717) is 50.1 Å². The van der Waals surface area contributed by atoms with E-state index in [9.17, 15) is 14.7 Å². The molecule has 1 N–H and O–H groups in total. The van der Waals surface area contributed by atoms with E-state index >= 15 is 0 Å². The highest BCUT2D eigenvalue weighted by Gasteiger charge is 2.73. The highest BCUT2D eigenvalue weighted by atomic mass is 16.6. The fourth-order valence-corrected chi connectivity index (χ4v) is 8.15. The van der Waals surface area contributed by atoms with Gasteiger partial charge in [-0.1, -0.05) is 89.7 Å². The molecule has 0 amide bonds. The van der Waals surface area contributed by atoms with E-state index < -0.39 is 17.1 Å². The highest BCUT2D eigenvalue weighted by molar-refractivity contribution is 5.90. The molecule has 1 saturated heterocycles. The molecule has 2 aliphatic heterocycles. The second-order valence-corrected chi connectivity index (χ2v) is 12.7. The fraction of sp³-hybridized carbons (Fsp3) is 0.706. The van der Waals surface area contributed by atoms with Crippen LogP contribution in [0.4, 0.5) is 0 Å². The number of benzene rings is 1. The van der Waals surface area contributed by atoms with Gasteiger partial charge < -0.3 is 14.6 Å². The molecule has 1 spiro atoms. The lowest BCUT2D eigenvalue weighted by Crippen LogP contribution is -2.76. The number of carbonyl (C=O) groups excluding carboxylic acids is 2. The van der Waals surface area contributed by atoms with Crippen LogP contribution in [0.5, 0.6) is 11.5 Å². The maximum atomic E-state index is 13.2. The molecule has 0 aromatic heterocycles. The van der Waals surface area contributed by atoms with Crippen LogP contribution in [0.25, 0.3) is 0 Å².